The van der Waals surface area contributed by atoms with Crippen LogP contribution in [-0.2, 0) is 5.41 Å². The number of aromatic nitrogens is 2. The number of benzene rings is 2. The summed E-state index contributed by atoms with van der Waals surface area (Å²) in [6, 6.07) is 15.0. The van der Waals surface area contributed by atoms with Crippen molar-refractivity contribution in [1.29, 1.82) is 0 Å². The molecule has 0 bridgehead atoms. The zero-order chi connectivity index (χ0) is 18.7. The standard InChI is InChI=1S/C20H20N2O3S/c1-20(2,3)14-11-9-13(10-12-14)18(23)26-19-22-21-17(25-19)15-7-5-6-8-16(15)24-4/h5-12H,1-4H3. The number of carbonyl (C=O) groups is 1. The van der Waals surface area contributed by atoms with Crippen molar-refractivity contribution in [2.75, 3.05) is 7.11 Å². The summed E-state index contributed by atoms with van der Waals surface area (Å²) >= 11 is 0.919. The number of hydrogen-bond acceptors (Lipinski definition) is 6. The van der Waals surface area contributed by atoms with Gasteiger partial charge < -0.3 is 9.15 Å². The van der Waals surface area contributed by atoms with Crippen molar-refractivity contribution in [1.82, 2.24) is 10.2 Å². The maximum atomic E-state index is 12.5. The van der Waals surface area contributed by atoms with E-state index < -0.39 is 0 Å². The van der Waals surface area contributed by atoms with Gasteiger partial charge in [0.1, 0.15) is 5.75 Å². The Morgan fingerprint density at radius 2 is 1.73 bits per heavy atom. The second-order valence-corrected chi connectivity index (χ2v) is 7.71. The van der Waals surface area contributed by atoms with Crippen LogP contribution < -0.4 is 4.74 Å². The van der Waals surface area contributed by atoms with Crippen LogP contribution in [0, 0.1) is 0 Å². The fourth-order valence-electron chi connectivity index (χ4n) is 2.43. The van der Waals surface area contributed by atoms with E-state index in [9.17, 15) is 4.79 Å². The minimum atomic E-state index is -0.138. The summed E-state index contributed by atoms with van der Waals surface area (Å²) < 4.78 is 10.9. The van der Waals surface area contributed by atoms with Crippen LogP contribution in [0.1, 0.15) is 36.7 Å². The monoisotopic (exact) mass is 368 g/mol. The van der Waals surface area contributed by atoms with E-state index >= 15 is 0 Å². The quantitative estimate of drug-likeness (QED) is 0.606. The van der Waals surface area contributed by atoms with Gasteiger partial charge >= 0.3 is 0 Å². The first-order valence-electron chi connectivity index (χ1n) is 8.18. The number of hydrogen-bond donors (Lipinski definition) is 0. The molecular formula is C20H20N2O3S. The van der Waals surface area contributed by atoms with Gasteiger partial charge in [-0.25, -0.2) is 0 Å². The average molecular weight is 368 g/mol. The smallest absolute Gasteiger partial charge is 0.284 e. The number of para-hydroxylation sites is 1. The van der Waals surface area contributed by atoms with E-state index in [2.05, 4.69) is 31.0 Å². The minimum absolute atomic E-state index is 0.0465. The molecule has 0 atom stereocenters. The van der Waals surface area contributed by atoms with Crippen molar-refractivity contribution in [2.24, 2.45) is 0 Å². The molecule has 6 heteroatoms. The van der Waals surface area contributed by atoms with Crippen molar-refractivity contribution in [3.8, 4) is 17.2 Å². The summed E-state index contributed by atoms with van der Waals surface area (Å²) in [6.45, 7) is 6.41. The first-order valence-corrected chi connectivity index (χ1v) is 9.00. The molecule has 134 valence electrons. The maximum Gasteiger partial charge on any atom is 0.284 e. The van der Waals surface area contributed by atoms with Crippen LogP contribution in [0.4, 0.5) is 0 Å². The molecular weight excluding hydrogens is 348 g/mol. The van der Waals surface area contributed by atoms with E-state index in [1.165, 1.54) is 5.56 Å². The Morgan fingerprint density at radius 3 is 2.38 bits per heavy atom. The van der Waals surface area contributed by atoms with E-state index in [4.69, 9.17) is 9.15 Å². The molecule has 0 N–H and O–H groups in total. The number of carbonyl (C=O) groups excluding carboxylic acids is 1. The molecule has 0 amide bonds. The van der Waals surface area contributed by atoms with Gasteiger partial charge in [-0.05, 0) is 23.1 Å². The number of methoxy groups -OCH3 is 1. The fourth-order valence-corrected chi connectivity index (χ4v) is 3.04. The zero-order valence-electron chi connectivity index (χ0n) is 15.1. The molecule has 3 aromatic rings. The summed E-state index contributed by atoms with van der Waals surface area (Å²) in [6.07, 6.45) is 0. The van der Waals surface area contributed by atoms with Crippen molar-refractivity contribution in [2.45, 2.75) is 31.4 Å². The van der Waals surface area contributed by atoms with Gasteiger partial charge in [0.25, 0.3) is 11.1 Å². The highest BCUT2D eigenvalue weighted by molar-refractivity contribution is 8.14. The molecule has 0 spiro atoms. The molecule has 0 aliphatic rings. The van der Waals surface area contributed by atoms with Crippen LogP contribution in [0.5, 0.6) is 5.75 Å². The molecule has 0 saturated carbocycles. The Labute approximate surface area is 156 Å². The molecule has 0 unspecified atom stereocenters. The van der Waals surface area contributed by atoms with E-state index in [0.717, 1.165) is 11.8 Å². The molecule has 1 heterocycles. The zero-order valence-corrected chi connectivity index (χ0v) is 16.0. The highest BCUT2D eigenvalue weighted by Crippen LogP contribution is 2.31. The van der Waals surface area contributed by atoms with Gasteiger partial charge in [-0.2, -0.15) is 0 Å². The van der Waals surface area contributed by atoms with Crippen LogP contribution in [0.15, 0.2) is 58.2 Å². The summed E-state index contributed by atoms with van der Waals surface area (Å²) in [4.78, 5) is 12.5. The van der Waals surface area contributed by atoms with Crippen molar-refractivity contribution in [3.63, 3.8) is 0 Å². The predicted octanol–water partition coefficient (Wildman–Crippen LogP) is 4.98. The van der Waals surface area contributed by atoms with E-state index in [1.807, 2.05) is 48.5 Å². The Kier molecular flexibility index (Phi) is 5.13. The van der Waals surface area contributed by atoms with Crippen molar-refractivity contribution in [3.05, 3.63) is 59.7 Å². The van der Waals surface area contributed by atoms with E-state index in [0.29, 0.717) is 22.8 Å². The molecule has 1 aromatic heterocycles. The Morgan fingerprint density at radius 1 is 1.04 bits per heavy atom. The van der Waals surface area contributed by atoms with Gasteiger partial charge in [0.2, 0.25) is 5.12 Å². The predicted molar refractivity (Wildman–Crippen MR) is 102 cm³/mol. The molecule has 0 aliphatic heterocycles. The van der Waals surface area contributed by atoms with Crippen LogP contribution in [-0.4, -0.2) is 22.4 Å². The molecule has 3 rings (SSSR count). The lowest BCUT2D eigenvalue weighted by Gasteiger charge is -2.18. The summed E-state index contributed by atoms with van der Waals surface area (Å²) in [5.41, 5.74) is 2.51. The Balaban J connectivity index is 1.76. The Hall–Kier alpha value is -2.60. The normalized spacial score (nSPS) is 11.4. The molecule has 26 heavy (non-hydrogen) atoms. The fraction of sp³-hybridized carbons (Fsp3) is 0.250. The van der Waals surface area contributed by atoms with Crippen LogP contribution in [0.3, 0.4) is 0 Å². The third-order valence-electron chi connectivity index (χ3n) is 3.91. The Bertz CT molecular complexity index is 911. The SMILES string of the molecule is COc1ccccc1-c1nnc(SC(=O)c2ccc(C(C)(C)C)cc2)o1. The third kappa shape index (κ3) is 3.96. The average Bonchev–Trinajstić information content (AvgIpc) is 3.09. The highest BCUT2D eigenvalue weighted by atomic mass is 32.2. The second kappa shape index (κ2) is 7.33. The third-order valence-corrected chi connectivity index (χ3v) is 4.67. The lowest BCUT2D eigenvalue weighted by molar-refractivity contribution is 0.108. The van der Waals surface area contributed by atoms with E-state index in [1.54, 1.807) is 7.11 Å². The molecule has 5 nitrogen and oxygen atoms in total. The molecule has 0 saturated heterocycles. The van der Waals surface area contributed by atoms with Crippen LogP contribution in [0.25, 0.3) is 11.5 Å². The number of nitrogens with zero attached hydrogens (tertiary/aromatic N) is 2. The van der Waals surface area contributed by atoms with Gasteiger partial charge in [-0.1, -0.05) is 57.2 Å². The van der Waals surface area contributed by atoms with Crippen molar-refractivity contribution >= 4 is 16.9 Å². The largest absolute Gasteiger partial charge is 0.496 e. The molecule has 2 aromatic carbocycles. The van der Waals surface area contributed by atoms with Crippen molar-refractivity contribution < 1.29 is 13.9 Å². The number of thioether (sulfide) groups is 1. The molecule has 0 aliphatic carbocycles. The summed E-state index contributed by atoms with van der Waals surface area (Å²) in [5, 5.41) is 8.04. The lowest BCUT2D eigenvalue weighted by atomic mass is 9.87. The highest BCUT2D eigenvalue weighted by Gasteiger charge is 2.18. The van der Waals surface area contributed by atoms with Gasteiger partial charge in [-0.15, -0.1) is 10.2 Å². The summed E-state index contributed by atoms with van der Waals surface area (Å²) in [5.74, 6) is 0.956. The molecule has 0 fully saturated rings. The summed E-state index contributed by atoms with van der Waals surface area (Å²) in [7, 11) is 1.58. The van der Waals surface area contributed by atoms with Crippen LogP contribution >= 0.6 is 11.8 Å². The van der Waals surface area contributed by atoms with Gasteiger partial charge in [0.05, 0.1) is 12.7 Å². The topological polar surface area (TPSA) is 65.2 Å². The minimum Gasteiger partial charge on any atom is -0.496 e. The number of ether oxygens (including phenoxy) is 1. The maximum absolute atomic E-state index is 12.5. The van der Waals surface area contributed by atoms with Gasteiger partial charge in [0, 0.05) is 17.3 Å². The number of rotatable bonds is 4. The van der Waals surface area contributed by atoms with E-state index in [-0.39, 0.29) is 15.8 Å². The lowest BCUT2D eigenvalue weighted by Crippen LogP contribution is -2.11. The van der Waals surface area contributed by atoms with Crippen LogP contribution in [0.2, 0.25) is 0 Å². The van der Waals surface area contributed by atoms with Gasteiger partial charge in [0.15, 0.2) is 0 Å². The first kappa shape index (κ1) is 18.2. The van der Waals surface area contributed by atoms with Gasteiger partial charge in [-0.3, -0.25) is 4.79 Å². The first-order chi connectivity index (χ1) is 12.4. The molecule has 0 radical (unpaired) electrons. The second-order valence-electron chi connectivity index (χ2n) is 6.79.